The first-order valence-corrected chi connectivity index (χ1v) is 9.86. The van der Waals surface area contributed by atoms with Gasteiger partial charge in [0, 0.05) is 18.8 Å². The van der Waals surface area contributed by atoms with E-state index in [1.807, 2.05) is 49.0 Å². The number of anilines is 2. The fourth-order valence-corrected chi connectivity index (χ4v) is 4.86. The smallest absolute Gasteiger partial charge is 0.267 e. The van der Waals surface area contributed by atoms with Gasteiger partial charge in [-0.2, -0.15) is 0 Å². The molecule has 27 heavy (non-hydrogen) atoms. The number of nitrogens with one attached hydrogen (secondary N) is 2. The van der Waals surface area contributed by atoms with Crippen LogP contribution in [0.1, 0.15) is 9.67 Å². The van der Waals surface area contributed by atoms with Crippen molar-refractivity contribution in [3.8, 4) is 0 Å². The number of imidazole rings is 1. The van der Waals surface area contributed by atoms with Gasteiger partial charge in [-0.3, -0.25) is 10.1 Å². The van der Waals surface area contributed by atoms with E-state index in [9.17, 15) is 4.79 Å². The highest BCUT2D eigenvalue weighted by Gasteiger charge is 2.18. The zero-order valence-corrected chi connectivity index (χ0v) is 16.1. The highest BCUT2D eigenvalue weighted by molar-refractivity contribution is 7.22. The summed E-state index contributed by atoms with van der Waals surface area (Å²) >= 11 is 2.82. The normalized spacial score (nSPS) is 11.5. The number of aromatic nitrogens is 4. The van der Waals surface area contributed by atoms with Crippen LogP contribution in [0.15, 0.2) is 36.7 Å². The van der Waals surface area contributed by atoms with Crippen molar-refractivity contribution in [2.75, 3.05) is 17.7 Å². The zero-order chi connectivity index (χ0) is 18.5. The van der Waals surface area contributed by atoms with Crippen molar-refractivity contribution in [1.29, 1.82) is 0 Å². The molecule has 4 heterocycles. The van der Waals surface area contributed by atoms with Gasteiger partial charge >= 0.3 is 0 Å². The quantitative estimate of drug-likeness (QED) is 0.481. The molecule has 0 aliphatic rings. The summed E-state index contributed by atoms with van der Waals surface area (Å²) in [4.78, 5) is 27.7. The maximum absolute atomic E-state index is 12.7. The Morgan fingerprint density at radius 1 is 1.15 bits per heavy atom. The minimum absolute atomic E-state index is 0.162. The number of thiazole rings is 1. The molecular formula is C18H14N6OS2. The molecule has 1 aromatic carbocycles. The molecule has 0 atom stereocenters. The Bertz CT molecular complexity index is 1300. The van der Waals surface area contributed by atoms with Gasteiger partial charge in [0.05, 0.1) is 11.2 Å². The Morgan fingerprint density at radius 3 is 2.81 bits per heavy atom. The molecule has 0 spiro atoms. The number of carbonyl (C=O) groups excluding carboxylic acids is 1. The number of rotatable bonds is 3. The maximum atomic E-state index is 12.7. The largest absolute Gasteiger partial charge is 0.371 e. The monoisotopic (exact) mass is 394 g/mol. The summed E-state index contributed by atoms with van der Waals surface area (Å²) < 4.78 is 3.00. The average Bonchev–Trinajstić information content (AvgIpc) is 3.36. The van der Waals surface area contributed by atoms with E-state index in [1.165, 1.54) is 22.7 Å². The molecule has 7 nitrogen and oxygen atoms in total. The molecule has 2 N–H and O–H groups in total. The van der Waals surface area contributed by atoms with Crippen molar-refractivity contribution in [3.05, 3.63) is 41.5 Å². The fraction of sp³-hybridized carbons (Fsp3) is 0.111. The molecule has 0 aliphatic heterocycles. The number of benzene rings is 1. The number of aryl methyl sites for hydroxylation is 1. The first-order chi connectivity index (χ1) is 13.1. The predicted molar refractivity (Wildman–Crippen MR) is 111 cm³/mol. The number of pyridine rings is 1. The van der Waals surface area contributed by atoms with Gasteiger partial charge in [-0.05, 0) is 17.5 Å². The Morgan fingerprint density at radius 2 is 2.00 bits per heavy atom. The topological polar surface area (TPSA) is 84.7 Å². The minimum Gasteiger partial charge on any atom is -0.371 e. The molecule has 0 bridgehead atoms. The summed E-state index contributed by atoms with van der Waals surface area (Å²) in [5, 5.41) is 7.57. The summed E-state index contributed by atoms with van der Waals surface area (Å²) in [7, 11) is 3.73. The lowest BCUT2D eigenvalue weighted by Crippen LogP contribution is -2.09. The third kappa shape index (κ3) is 2.54. The van der Waals surface area contributed by atoms with Gasteiger partial charge in [-0.1, -0.05) is 29.5 Å². The Hall–Kier alpha value is -3.04. The standard InChI is InChI=1S/C18H14N6OS2/c1-19-15-12-14(24(2)8-20-12)13-17(22-15)27-18(21-13)23-16(25)11-7-9-5-3-4-6-10(9)26-11/h3-8H,1-2H3,(H,19,22)(H,21,23,25). The van der Waals surface area contributed by atoms with Crippen molar-refractivity contribution in [2.45, 2.75) is 0 Å². The van der Waals surface area contributed by atoms with Gasteiger partial charge in [0.1, 0.15) is 21.4 Å². The van der Waals surface area contributed by atoms with Gasteiger partial charge in [0.15, 0.2) is 10.9 Å². The fourth-order valence-electron chi connectivity index (χ4n) is 3.06. The summed E-state index contributed by atoms with van der Waals surface area (Å²) in [5.41, 5.74) is 2.39. The third-order valence-electron chi connectivity index (χ3n) is 4.31. The lowest BCUT2D eigenvalue weighted by molar-refractivity contribution is 0.103. The minimum atomic E-state index is -0.162. The van der Waals surface area contributed by atoms with E-state index in [0.29, 0.717) is 15.8 Å². The summed E-state index contributed by atoms with van der Waals surface area (Å²) in [6.07, 6.45) is 1.74. The lowest BCUT2D eigenvalue weighted by Gasteiger charge is -2.01. The summed E-state index contributed by atoms with van der Waals surface area (Å²) in [6, 6.07) is 9.85. The number of carbonyl (C=O) groups is 1. The van der Waals surface area contributed by atoms with Gasteiger partial charge in [0.2, 0.25) is 0 Å². The number of thiophene rings is 1. The number of fused-ring (bicyclic) bond motifs is 4. The molecule has 0 fully saturated rings. The molecule has 0 unspecified atom stereocenters. The number of nitrogens with zero attached hydrogens (tertiary/aromatic N) is 4. The highest BCUT2D eigenvalue weighted by atomic mass is 32.1. The van der Waals surface area contributed by atoms with E-state index < -0.39 is 0 Å². The van der Waals surface area contributed by atoms with Gasteiger partial charge < -0.3 is 9.88 Å². The zero-order valence-electron chi connectivity index (χ0n) is 14.5. The second-order valence-electron chi connectivity index (χ2n) is 6.04. The SMILES string of the molecule is CNc1nc2sc(NC(=O)c3cc4ccccc4s3)nc2c2c1ncn2C. The molecule has 134 valence electrons. The van der Waals surface area contributed by atoms with Crippen LogP contribution in [0.2, 0.25) is 0 Å². The van der Waals surface area contributed by atoms with Crippen LogP contribution >= 0.6 is 22.7 Å². The maximum Gasteiger partial charge on any atom is 0.267 e. The summed E-state index contributed by atoms with van der Waals surface area (Å²) in [6.45, 7) is 0. The summed E-state index contributed by atoms with van der Waals surface area (Å²) in [5.74, 6) is 0.537. The van der Waals surface area contributed by atoms with Crippen LogP contribution in [-0.2, 0) is 7.05 Å². The van der Waals surface area contributed by atoms with Crippen LogP contribution in [0.5, 0.6) is 0 Å². The Labute approximate surface area is 161 Å². The van der Waals surface area contributed by atoms with Gasteiger partial charge in [-0.25, -0.2) is 15.0 Å². The first-order valence-electron chi connectivity index (χ1n) is 8.23. The van der Waals surface area contributed by atoms with E-state index in [1.54, 1.807) is 6.33 Å². The van der Waals surface area contributed by atoms with Crippen LogP contribution in [-0.4, -0.2) is 32.5 Å². The molecule has 0 saturated carbocycles. The van der Waals surface area contributed by atoms with Crippen molar-refractivity contribution in [2.24, 2.45) is 7.05 Å². The molecule has 4 aromatic heterocycles. The molecule has 5 aromatic rings. The van der Waals surface area contributed by atoms with Crippen LogP contribution in [0.25, 0.3) is 31.5 Å². The molecule has 9 heteroatoms. The Kier molecular flexibility index (Phi) is 3.59. The lowest BCUT2D eigenvalue weighted by atomic mass is 10.2. The van der Waals surface area contributed by atoms with E-state index >= 15 is 0 Å². The molecule has 1 amide bonds. The van der Waals surface area contributed by atoms with Crippen LogP contribution in [0.4, 0.5) is 10.9 Å². The van der Waals surface area contributed by atoms with E-state index in [0.717, 1.165) is 31.5 Å². The first kappa shape index (κ1) is 16.2. The van der Waals surface area contributed by atoms with Crippen LogP contribution < -0.4 is 10.6 Å². The number of hydrogen-bond donors (Lipinski definition) is 2. The Balaban J connectivity index is 1.56. The van der Waals surface area contributed by atoms with Gasteiger partial charge in [0.25, 0.3) is 5.91 Å². The predicted octanol–water partition coefficient (Wildman–Crippen LogP) is 4.09. The second kappa shape index (κ2) is 6.00. The third-order valence-corrected chi connectivity index (χ3v) is 6.29. The molecular weight excluding hydrogens is 380 g/mol. The molecule has 0 saturated heterocycles. The highest BCUT2D eigenvalue weighted by Crippen LogP contribution is 2.33. The second-order valence-corrected chi connectivity index (χ2v) is 8.10. The van der Waals surface area contributed by atoms with Crippen molar-refractivity contribution >= 4 is 71.0 Å². The van der Waals surface area contributed by atoms with Gasteiger partial charge in [-0.15, -0.1) is 11.3 Å². The van der Waals surface area contributed by atoms with E-state index in [-0.39, 0.29) is 5.91 Å². The van der Waals surface area contributed by atoms with Crippen LogP contribution in [0, 0.1) is 0 Å². The molecule has 0 aliphatic carbocycles. The van der Waals surface area contributed by atoms with Crippen LogP contribution in [0.3, 0.4) is 0 Å². The van der Waals surface area contributed by atoms with Crippen molar-refractivity contribution in [3.63, 3.8) is 0 Å². The van der Waals surface area contributed by atoms with Crippen molar-refractivity contribution < 1.29 is 4.79 Å². The molecule has 5 rings (SSSR count). The average molecular weight is 394 g/mol. The number of hydrogen-bond acceptors (Lipinski definition) is 7. The molecule has 0 radical (unpaired) electrons. The number of amides is 1. The van der Waals surface area contributed by atoms with E-state index in [2.05, 4.69) is 25.6 Å². The van der Waals surface area contributed by atoms with Crippen molar-refractivity contribution in [1.82, 2.24) is 19.5 Å². The van der Waals surface area contributed by atoms with E-state index in [4.69, 9.17) is 0 Å².